The minimum absolute atomic E-state index is 0.245. The summed E-state index contributed by atoms with van der Waals surface area (Å²) < 4.78 is 10.5. The molecule has 0 radical (unpaired) electrons. The lowest BCUT2D eigenvalue weighted by atomic mass is 10.1. The molecule has 3 rings (SSSR count). The highest BCUT2D eigenvalue weighted by Gasteiger charge is 2.09. The number of benzene rings is 1. The number of nitrogens with one attached hydrogen (secondary N) is 2. The minimum Gasteiger partial charge on any atom is -0.493 e. The minimum atomic E-state index is -0.245. The van der Waals surface area contributed by atoms with Crippen LogP contribution in [-0.2, 0) is 13.1 Å². The van der Waals surface area contributed by atoms with Crippen molar-refractivity contribution in [1.29, 1.82) is 0 Å². The third-order valence-corrected chi connectivity index (χ3v) is 4.86. The molecule has 0 aliphatic carbocycles. The monoisotopic (exact) mass is 383 g/mol. The van der Waals surface area contributed by atoms with Crippen LogP contribution in [0, 0.1) is 0 Å². The molecule has 2 aromatic heterocycles. The van der Waals surface area contributed by atoms with Gasteiger partial charge in [-0.15, -0.1) is 11.3 Å². The zero-order valence-electron chi connectivity index (χ0n) is 15.2. The first kappa shape index (κ1) is 18.7. The molecule has 0 fully saturated rings. The standard InChI is InChI=1S/C20H21N3O3S/c1-25-16-8-7-14(11-17(16)26-2)12-22-20(24)23-13-15-5-3-9-21-19(15)18-6-4-10-27-18/h3-11H,12-13H2,1-2H3,(H2,22,23,24). The molecule has 0 atom stereocenters. The molecule has 0 bridgehead atoms. The van der Waals surface area contributed by atoms with E-state index < -0.39 is 0 Å². The van der Waals surface area contributed by atoms with Gasteiger partial charge >= 0.3 is 6.03 Å². The second kappa shape index (κ2) is 9.05. The van der Waals surface area contributed by atoms with Gasteiger partial charge in [0.15, 0.2) is 11.5 Å². The summed E-state index contributed by atoms with van der Waals surface area (Å²) in [4.78, 5) is 17.7. The Morgan fingerprint density at radius 2 is 1.85 bits per heavy atom. The van der Waals surface area contributed by atoms with Gasteiger partial charge in [-0.2, -0.15) is 0 Å². The number of pyridine rings is 1. The van der Waals surface area contributed by atoms with Gasteiger partial charge in [0.05, 0.1) is 24.8 Å². The van der Waals surface area contributed by atoms with Gasteiger partial charge in [0.1, 0.15) is 0 Å². The Morgan fingerprint density at radius 1 is 1.04 bits per heavy atom. The van der Waals surface area contributed by atoms with E-state index in [0.29, 0.717) is 24.6 Å². The first-order valence-corrected chi connectivity index (χ1v) is 9.29. The fourth-order valence-corrected chi connectivity index (χ4v) is 3.38. The summed E-state index contributed by atoms with van der Waals surface area (Å²) >= 11 is 1.63. The molecule has 0 spiro atoms. The molecule has 2 N–H and O–H groups in total. The molecule has 0 saturated carbocycles. The van der Waals surface area contributed by atoms with Crippen LogP contribution in [0.2, 0.25) is 0 Å². The van der Waals surface area contributed by atoms with Crippen molar-refractivity contribution in [1.82, 2.24) is 15.6 Å². The lowest BCUT2D eigenvalue weighted by molar-refractivity contribution is 0.240. The molecule has 0 aliphatic rings. The number of nitrogens with zero attached hydrogens (tertiary/aromatic N) is 1. The molecule has 140 valence electrons. The quantitative estimate of drug-likeness (QED) is 0.650. The number of thiophene rings is 1. The third kappa shape index (κ3) is 4.77. The van der Waals surface area contributed by atoms with Crippen LogP contribution in [0.5, 0.6) is 11.5 Å². The van der Waals surface area contributed by atoms with Crippen LogP contribution in [0.25, 0.3) is 10.6 Å². The van der Waals surface area contributed by atoms with Crippen molar-refractivity contribution < 1.29 is 14.3 Å². The van der Waals surface area contributed by atoms with E-state index in [1.165, 1.54) is 0 Å². The number of carbonyl (C=O) groups excluding carboxylic acids is 1. The van der Waals surface area contributed by atoms with Gasteiger partial charge in [0.25, 0.3) is 0 Å². The van der Waals surface area contributed by atoms with Crippen LogP contribution in [-0.4, -0.2) is 25.2 Å². The van der Waals surface area contributed by atoms with Crippen LogP contribution in [0.15, 0.2) is 54.0 Å². The van der Waals surface area contributed by atoms with Crippen LogP contribution in [0.1, 0.15) is 11.1 Å². The average molecular weight is 383 g/mol. The lowest BCUT2D eigenvalue weighted by Gasteiger charge is -2.12. The number of hydrogen-bond donors (Lipinski definition) is 2. The summed E-state index contributed by atoms with van der Waals surface area (Å²) in [7, 11) is 3.17. The zero-order chi connectivity index (χ0) is 19.1. The molecular formula is C20H21N3O3S. The Bertz CT molecular complexity index is 897. The Labute approximate surface area is 162 Å². The number of amides is 2. The maximum absolute atomic E-state index is 12.2. The van der Waals surface area contributed by atoms with Crippen molar-refractivity contribution in [2.24, 2.45) is 0 Å². The molecule has 7 heteroatoms. The third-order valence-electron chi connectivity index (χ3n) is 3.99. The summed E-state index contributed by atoms with van der Waals surface area (Å²) in [5.41, 5.74) is 2.79. The number of methoxy groups -OCH3 is 2. The molecule has 3 aromatic rings. The van der Waals surface area contributed by atoms with E-state index in [-0.39, 0.29) is 6.03 Å². The Balaban J connectivity index is 1.57. The largest absolute Gasteiger partial charge is 0.493 e. The van der Waals surface area contributed by atoms with Crippen molar-refractivity contribution in [3.63, 3.8) is 0 Å². The number of hydrogen-bond acceptors (Lipinski definition) is 5. The average Bonchev–Trinajstić information content (AvgIpc) is 3.25. The molecule has 27 heavy (non-hydrogen) atoms. The SMILES string of the molecule is COc1ccc(CNC(=O)NCc2cccnc2-c2cccs2)cc1OC. The van der Waals surface area contributed by atoms with Crippen molar-refractivity contribution >= 4 is 17.4 Å². The molecule has 6 nitrogen and oxygen atoms in total. The van der Waals surface area contributed by atoms with Crippen molar-refractivity contribution in [3.05, 3.63) is 65.2 Å². The predicted octanol–water partition coefficient (Wildman–Crippen LogP) is 3.83. The van der Waals surface area contributed by atoms with E-state index >= 15 is 0 Å². The first-order chi connectivity index (χ1) is 13.2. The molecule has 2 heterocycles. The van der Waals surface area contributed by atoms with Gasteiger partial charge in [0.2, 0.25) is 0 Å². The van der Waals surface area contributed by atoms with Gasteiger partial charge in [-0.1, -0.05) is 18.2 Å². The molecular weight excluding hydrogens is 362 g/mol. The summed E-state index contributed by atoms with van der Waals surface area (Å²) in [6.07, 6.45) is 1.76. The first-order valence-electron chi connectivity index (χ1n) is 8.41. The Hall–Kier alpha value is -3.06. The van der Waals surface area contributed by atoms with E-state index in [1.54, 1.807) is 31.8 Å². The van der Waals surface area contributed by atoms with Crippen LogP contribution in [0.3, 0.4) is 0 Å². The van der Waals surface area contributed by atoms with Gasteiger partial charge < -0.3 is 20.1 Å². The number of aromatic nitrogens is 1. The molecule has 1 aromatic carbocycles. The van der Waals surface area contributed by atoms with E-state index in [9.17, 15) is 4.79 Å². The van der Waals surface area contributed by atoms with Crippen LogP contribution in [0.4, 0.5) is 4.79 Å². The van der Waals surface area contributed by atoms with E-state index in [2.05, 4.69) is 15.6 Å². The van der Waals surface area contributed by atoms with Crippen molar-refractivity contribution in [3.8, 4) is 22.1 Å². The van der Waals surface area contributed by atoms with Gasteiger partial charge in [-0.3, -0.25) is 4.98 Å². The number of urea groups is 1. The number of rotatable bonds is 7. The highest BCUT2D eigenvalue weighted by atomic mass is 32.1. The maximum Gasteiger partial charge on any atom is 0.315 e. The molecule has 2 amide bonds. The highest BCUT2D eigenvalue weighted by Crippen LogP contribution is 2.27. The fraction of sp³-hybridized carbons (Fsp3) is 0.200. The van der Waals surface area contributed by atoms with E-state index in [0.717, 1.165) is 21.7 Å². The lowest BCUT2D eigenvalue weighted by Crippen LogP contribution is -2.34. The van der Waals surface area contributed by atoms with Crippen LogP contribution < -0.4 is 20.1 Å². The Morgan fingerprint density at radius 3 is 2.59 bits per heavy atom. The summed E-state index contributed by atoms with van der Waals surface area (Å²) in [6, 6.07) is 13.1. The topological polar surface area (TPSA) is 72.5 Å². The molecule has 0 unspecified atom stereocenters. The number of carbonyl (C=O) groups is 1. The van der Waals surface area contributed by atoms with E-state index in [1.807, 2.05) is 47.8 Å². The van der Waals surface area contributed by atoms with Gasteiger partial charge in [0, 0.05) is 19.3 Å². The molecule has 0 saturated heterocycles. The summed E-state index contributed by atoms with van der Waals surface area (Å²) in [5, 5.41) is 7.74. The van der Waals surface area contributed by atoms with Gasteiger partial charge in [-0.05, 0) is 40.8 Å². The highest BCUT2D eigenvalue weighted by molar-refractivity contribution is 7.13. The zero-order valence-corrected chi connectivity index (χ0v) is 16.0. The fourth-order valence-electron chi connectivity index (χ4n) is 2.63. The second-order valence-corrected chi connectivity index (χ2v) is 6.66. The second-order valence-electron chi connectivity index (χ2n) is 5.71. The molecule has 0 aliphatic heterocycles. The summed E-state index contributed by atoms with van der Waals surface area (Å²) in [5.74, 6) is 1.29. The van der Waals surface area contributed by atoms with Crippen molar-refractivity contribution in [2.75, 3.05) is 14.2 Å². The number of ether oxygens (including phenoxy) is 2. The van der Waals surface area contributed by atoms with Crippen molar-refractivity contribution in [2.45, 2.75) is 13.1 Å². The smallest absolute Gasteiger partial charge is 0.315 e. The predicted molar refractivity (Wildman–Crippen MR) is 106 cm³/mol. The van der Waals surface area contributed by atoms with Gasteiger partial charge in [-0.25, -0.2) is 4.79 Å². The van der Waals surface area contributed by atoms with E-state index in [4.69, 9.17) is 9.47 Å². The normalized spacial score (nSPS) is 10.3. The summed E-state index contributed by atoms with van der Waals surface area (Å²) in [6.45, 7) is 0.788. The maximum atomic E-state index is 12.2. The Kier molecular flexibility index (Phi) is 6.27. The van der Waals surface area contributed by atoms with Crippen LogP contribution >= 0.6 is 11.3 Å².